The van der Waals surface area contributed by atoms with Gasteiger partial charge in [-0.1, -0.05) is 6.07 Å². The number of phenols is 1. The van der Waals surface area contributed by atoms with Crippen molar-refractivity contribution in [2.45, 2.75) is 18.9 Å². The summed E-state index contributed by atoms with van der Waals surface area (Å²) in [6.45, 7) is 1.88. The van der Waals surface area contributed by atoms with E-state index in [9.17, 15) is 9.90 Å². The second-order valence-corrected chi connectivity index (χ2v) is 4.47. The summed E-state index contributed by atoms with van der Waals surface area (Å²) in [4.78, 5) is 13.9. The Bertz CT molecular complexity index is 406. The highest BCUT2D eigenvalue weighted by Gasteiger charge is 2.22. The average Bonchev–Trinajstić information content (AvgIpc) is 2.38. The minimum absolute atomic E-state index is 0. The highest BCUT2D eigenvalue weighted by molar-refractivity contribution is 5.94. The minimum Gasteiger partial charge on any atom is -0.508 e. The number of piperidine rings is 1. The largest absolute Gasteiger partial charge is 0.508 e. The number of halogens is 1. The predicted molar refractivity (Wildman–Crippen MR) is 73.3 cm³/mol. The number of amides is 1. The minimum atomic E-state index is -0.0328. The molecular formula is C13H19ClN2O2. The summed E-state index contributed by atoms with van der Waals surface area (Å²) in [5, 5.41) is 12.7. The van der Waals surface area contributed by atoms with Crippen LogP contribution in [0.2, 0.25) is 0 Å². The zero-order valence-corrected chi connectivity index (χ0v) is 11.2. The van der Waals surface area contributed by atoms with Gasteiger partial charge in [-0.05, 0) is 37.6 Å². The third kappa shape index (κ3) is 3.37. The Kier molecular flexibility index (Phi) is 5.44. The number of nitrogens with zero attached hydrogens (tertiary/aromatic N) is 1. The molecule has 1 amide bonds. The first-order chi connectivity index (χ1) is 8.18. The van der Waals surface area contributed by atoms with Crippen molar-refractivity contribution in [2.75, 3.05) is 20.1 Å². The van der Waals surface area contributed by atoms with E-state index in [-0.39, 0.29) is 30.1 Å². The normalized spacial score (nSPS) is 18.8. The van der Waals surface area contributed by atoms with Crippen LogP contribution in [0.15, 0.2) is 24.3 Å². The molecule has 0 spiro atoms. The first-order valence-corrected chi connectivity index (χ1v) is 5.95. The van der Waals surface area contributed by atoms with Crippen molar-refractivity contribution in [2.24, 2.45) is 0 Å². The molecule has 1 aromatic carbocycles. The summed E-state index contributed by atoms with van der Waals surface area (Å²) in [5.74, 6) is 0.0978. The lowest BCUT2D eigenvalue weighted by molar-refractivity contribution is 0.0708. The number of benzene rings is 1. The standard InChI is InChI=1S/C13H18N2O2.ClH/c1-15(11-5-3-7-14-9-11)13(17)10-4-2-6-12(16)8-10;/h2,4,6,8,11,14,16H,3,5,7,9H2,1H3;1H/t11-;/m0./s1. The van der Waals surface area contributed by atoms with E-state index in [0.29, 0.717) is 5.56 Å². The smallest absolute Gasteiger partial charge is 0.254 e. The van der Waals surface area contributed by atoms with Crippen LogP contribution in [0.25, 0.3) is 0 Å². The molecule has 1 fully saturated rings. The van der Waals surface area contributed by atoms with E-state index in [2.05, 4.69) is 5.32 Å². The van der Waals surface area contributed by atoms with Gasteiger partial charge in [0.1, 0.15) is 5.75 Å². The quantitative estimate of drug-likeness (QED) is 0.859. The van der Waals surface area contributed by atoms with Gasteiger partial charge >= 0.3 is 0 Å². The van der Waals surface area contributed by atoms with Crippen LogP contribution >= 0.6 is 12.4 Å². The fourth-order valence-electron chi connectivity index (χ4n) is 2.17. The van der Waals surface area contributed by atoms with Gasteiger partial charge in [-0.25, -0.2) is 0 Å². The summed E-state index contributed by atoms with van der Waals surface area (Å²) in [5.41, 5.74) is 0.540. The van der Waals surface area contributed by atoms with Crippen molar-refractivity contribution in [3.05, 3.63) is 29.8 Å². The predicted octanol–water partition coefficient (Wildman–Crippen LogP) is 1.64. The van der Waals surface area contributed by atoms with Gasteiger partial charge in [0.15, 0.2) is 0 Å². The molecule has 1 aromatic rings. The van der Waals surface area contributed by atoms with Crippen LogP contribution in [0.1, 0.15) is 23.2 Å². The Balaban J connectivity index is 0.00000162. The molecule has 0 bridgehead atoms. The number of nitrogens with one attached hydrogen (secondary N) is 1. The molecule has 2 rings (SSSR count). The third-order valence-corrected chi connectivity index (χ3v) is 3.23. The molecule has 0 radical (unpaired) electrons. The molecule has 1 heterocycles. The number of hydrogen-bond donors (Lipinski definition) is 2. The lowest BCUT2D eigenvalue weighted by Crippen LogP contribution is -2.46. The Labute approximate surface area is 113 Å². The van der Waals surface area contributed by atoms with Crippen molar-refractivity contribution >= 4 is 18.3 Å². The average molecular weight is 271 g/mol. The number of rotatable bonds is 2. The van der Waals surface area contributed by atoms with Crippen LogP contribution in [0.3, 0.4) is 0 Å². The van der Waals surface area contributed by atoms with Crippen molar-refractivity contribution in [1.82, 2.24) is 10.2 Å². The van der Waals surface area contributed by atoms with Gasteiger partial charge in [-0.2, -0.15) is 0 Å². The highest BCUT2D eigenvalue weighted by Crippen LogP contribution is 2.16. The summed E-state index contributed by atoms with van der Waals surface area (Å²) < 4.78 is 0. The molecule has 2 N–H and O–H groups in total. The van der Waals surface area contributed by atoms with Crippen molar-refractivity contribution in [3.8, 4) is 5.75 Å². The fourth-order valence-corrected chi connectivity index (χ4v) is 2.17. The number of likely N-dealkylation sites (N-methyl/N-ethyl adjacent to an activating group) is 1. The van der Waals surface area contributed by atoms with Crippen molar-refractivity contribution in [1.29, 1.82) is 0 Å². The SMILES string of the molecule is CN(C(=O)c1cccc(O)c1)[C@H]1CCCNC1.Cl. The molecule has 0 aliphatic carbocycles. The Morgan fingerprint density at radius 2 is 2.28 bits per heavy atom. The maximum absolute atomic E-state index is 12.2. The van der Waals surface area contributed by atoms with Gasteiger partial charge in [0.2, 0.25) is 0 Å². The summed E-state index contributed by atoms with van der Waals surface area (Å²) in [7, 11) is 1.82. The van der Waals surface area contributed by atoms with Gasteiger partial charge in [0, 0.05) is 25.2 Å². The summed E-state index contributed by atoms with van der Waals surface area (Å²) in [6, 6.07) is 6.75. The van der Waals surface area contributed by atoms with E-state index < -0.39 is 0 Å². The number of phenolic OH excluding ortho intramolecular Hbond substituents is 1. The zero-order valence-electron chi connectivity index (χ0n) is 10.4. The van der Waals surface area contributed by atoms with Crippen LogP contribution in [-0.2, 0) is 0 Å². The lowest BCUT2D eigenvalue weighted by atomic mass is 10.1. The molecule has 1 aliphatic heterocycles. The zero-order chi connectivity index (χ0) is 12.3. The molecule has 0 unspecified atom stereocenters. The number of hydrogen-bond acceptors (Lipinski definition) is 3. The maximum Gasteiger partial charge on any atom is 0.254 e. The highest BCUT2D eigenvalue weighted by atomic mass is 35.5. The first-order valence-electron chi connectivity index (χ1n) is 5.95. The van der Waals surface area contributed by atoms with E-state index in [1.54, 1.807) is 23.1 Å². The van der Waals surface area contributed by atoms with E-state index in [1.807, 2.05) is 7.05 Å². The molecule has 0 aromatic heterocycles. The Hall–Kier alpha value is -1.26. The monoisotopic (exact) mass is 270 g/mol. The van der Waals surface area contributed by atoms with Gasteiger partial charge in [-0.3, -0.25) is 4.79 Å². The maximum atomic E-state index is 12.2. The Morgan fingerprint density at radius 3 is 2.89 bits per heavy atom. The molecule has 18 heavy (non-hydrogen) atoms. The fraction of sp³-hybridized carbons (Fsp3) is 0.462. The van der Waals surface area contributed by atoms with Crippen molar-refractivity contribution in [3.63, 3.8) is 0 Å². The lowest BCUT2D eigenvalue weighted by Gasteiger charge is -2.31. The first kappa shape index (κ1) is 14.8. The van der Waals surface area contributed by atoms with E-state index in [1.165, 1.54) is 6.07 Å². The van der Waals surface area contributed by atoms with E-state index >= 15 is 0 Å². The van der Waals surface area contributed by atoms with Gasteiger partial charge in [0.05, 0.1) is 0 Å². The van der Waals surface area contributed by atoms with E-state index in [4.69, 9.17) is 0 Å². The van der Waals surface area contributed by atoms with E-state index in [0.717, 1.165) is 25.9 Å². The molecule has 5 heteroatoms. The second kappa shape index (κ2) is 6.61. The number of carbonyl (C=O) groups is 1. The number of carbonyl (C=O) groups excluding carboxylic acids is 1. The molecule has 1 atom stereocenters. The molecule has 1 aliphatic rings. The van der Waals surface area contributed by atoms with Gasteiger partial charge in [-0.15, -0.1) is 12.4 Å². The van der Waals surface area contributed by atoms with Gasteiger partial charge < -0.3 is 15.3 Å². The molecular weight excluding hydrogens is 252 g/mol. The Morgan fingerprint density at radius 1 is 1.50 bits per heavy atom. The molecule has 1 saturated heterocycles. The topological polar surface area (TPSA) is 52.6 Å². The van der Waals surface area contributed by atoms with Gasteiger partial charge in [0.25, 0.3) is 5.91 Å². The van der Waals surface area contributed by atoms with Crippen molar-refractivity contribution < 1.29 is 9.90 Å². The number of aromatic hydroxyl groups is 1. The van der Waals surface area contributed by atoms with Crippen LogP contribution in [0.5, 0.6) is 5.75 Å². The summed E-state index contributed by atoms with van der Waals surface area (Å²) in [6.07, 6.45) is 2.14. The molecule has 100 valence electrons. The second-order valence-electron chi connectivity index (χ2n) is 4.47. The van der Waals surface area contributed by atoms with Crippen LogP contribution in [0, 0.1) is 0 Å². The molecule has 4 nitrogen and oxygen atoms in total. The van der Waals surface area contributed by atoms with Crippen LogP contribution in [-0.4, -0.2) is 42.1 Å². The summed E-state index contributed by atoms with van der Waals surface area (Å²) >= 11 is 0. The molecule has 0 saturated carbocycles. The third-order valence-electron chi connectivity index (χ3n) is 3.23. The van der Waals surface area contributed by atoms with Crippen LogP contribution < -0.4 is 5.32 Å². The van der Waals surface area contributed by atoms with Crippen LogP contribution in [0.4, 0.5) is 0 Å².